The second-order valence-electron chi connectivity index (χ2n) is 10.7. The Morgan fingerprint density at radius 1 is 0.615 bits per heavy atom. The number of fused-ring (bicyclic) bond motifs is 6. The number of nitrogens with zero attached hydrogens (tertiary/aromatic N) is 1. The van der Waals surface area contributed by atoms with Crippen LogP contribution in [-0.2, 0) is 0 Å². The van der Waals surface area contributed by atoms with E-state index in [9.17, 15) is 0 Å². The van der Waals surface area contributed by atoms with Crippen molar-refractivity contribution in [1.29, 1.82) is 0 Å². The lowest BCUT2D eigenvalue weighted by Crippen LogP contribution is -2.02. The average Bonchev–Trinajstić information content (AvgIpc) is 3.53. The van der Waals surface area contributed by atoms with Crippen LogP contribution in [-0.4, -0.2) is 9.55 Å². The van der Waals surface area contributed by atoms with Crippen molar-refractivity contribution >= 4 is 38.8 Å². The Morgan fingerprint density at radius 2 is 1.28 bits per heavy atom. The van der Waals surface area contributed by atoms with E-state index in [2.05, 4.69) is 144 Å². The molecule has 1 unspecified atom stereocenters. The number of hydrogen-bond donors (Lipinski definition) is 1. The highest BCUT2D eigenvalue weighted by Crippen LogP contribution is 2.41. The van der Waals surface area contributed by atoms with E-state index < -0.39 is 0 Å². The summed E-state index contributed by atoms with van der Waals surface area (Å²) in [5, 5.41) is 3.90. The van der Waals surface area contributed by atoms with E-state index in [4.69, 9.17) is 0 Å². The molecule has 8 rings (SSSR count). The number of hydrogen-bond acceptors (Lipinski definition) is 0. The molecule has 0 aliphatic heterocycles. The quantitative estimate of drug-likeness (QED) is 0.249. The number of aromatic amines is 1. The van der Waals surface area contributed by atoms with Crippen LogP contribution in [0.2, 0.25) is 0 Å². The van der Waals surface area contributed by atoms with Gasteiger partial charge in [-0.1, -0.05) is 85.8 Å². The van der Waals surface area contributed by atoms with Gasteiger partial charge < -0.3 is 9.55 Å². The fraction of sp³-hybridized carbons (Fsp3) is 0.0811. The van der Waals surface area contributed by atoms with E-state index in [1.807, 2.05) is 0 Å². The molecule has 2 heteroatoms. The van der Waals surface area contributed by atoms with Gasteiger partial charge in [-0.15, -0.1) is 0 Å². The fourth-order valence-electron chi connectivity index (χ4n) is 6.44. The van der Waals surface area contributed by atoms with Crippen LogP contribution in [0.15, 0.2) is 121 Å². The standard InChI is InChI=1S/C37H28N2/c1-24-8-7-13-36-37(24)32-23-28(27-16-20-34-31(22-27)30-11-5-6-12-33(30)38-34)17-21-35(32)39(36)29-18-14-26(15-19-29)25-9-3-2-4-10-25/h2-7,9-24,38H,8H2,1H3. The Balaban J connectivity index is 1.29. The number of H-pyrrole nitrogens is 1. The van der Waals surface area contributed by atoms with Crippen molar-refractivity contribution < 1.29 is 0 Å². The molecule has 7 aromatic rings. The van der Waals surface area contributed by atoms with Crippen LogP contribution in [0.5, 0.6) is 0 Å². The van der Waals surface area contributed by atoms with Crippen molar-refractivity contribution in [2.75, 3.05) is 0 Å². The Kier molecular flexibility index (Phi) is 4.90. The summed E-state index contributed by atoms with van der Waals surface area (Å²) in [6.07, 6.45) is 5.72. The lowest BCUT2D eigenvalue weighted by Gasteiger charge is -2.17. The van der Waals surface area contributed by atoms with E-state index in [-0.39, 0.29) is 0 Å². The maximum absolute atomic E-state index is 3.56. The number of rotatable bonds is 3. The van der Waals surface area contributed by atoms with Crippen molar-refractivity contribution in [3.63, 3.8) is 0 Å². The topological polar surface area (TPSA) is 20.7 Å². The first kappa shape index (κ1) is 22.2. The van der Waals surface area contributed by atoms with Crippen molar-refractivity contribution in [3.05, 3.63) is 133 Å². The number of nitrogens with one attached hydrogen (secondary N) is 1. The van der Waals surface area contributed by atoms with Gasteiger partial charge in [-0.25, -0.2) is 0 Å². The molecule has 0 bridgehead atoms. The van der Waals surface area contributed by atoms with Crippen LogP contribution >= 0.6 is 0 Å². The van der Waals surface area contributed by atoms with Crippen LogP contribution < -0.4 is 0 Å². The molecule has 0 saturated carbocycles. The third-order valence-electron chi connectivity index (χ3n) is 8.37. The molecule has 5 aromatic carbocycles. The molecule has 0 radical (unpaired) electrons. The third-order valence-corrected chi connectivity index (χ3v) is 8.37. The normalized spacial score (nSPS) is 14.8. The minimum Gasteiger partial charge on any atom is -0.355 e. The lowest BCUT2D eigenvalue weighted by molar-refractivity contribution is 0.773. The molecule has 186 valence electrons. The zero-order valence-corrected chi connectivity index (χ0v) is 21.9. The summed E-state index contributed by atoms with van der Waals surface area (Å²) in [4.78, 5) is 3.56. The first-order valence-electron chi connectivity index (χ1n) is 13.8. The number of benzene rings is 5. The van der Waals surface area contributed by atoms with E-state index >= 15 is 0 Å². The van der Waals surface area contributed by atoms with Crippen LogP contribution in [0, 0.1) is 0 Å². The highest BCUT2D eigenvalue weighted by molar-refractivity contribution is 6.08. The summed E-state index contributed by atoms with van der Waals surface area (Å²) in [6.45, 7) is 2.36. The van der Waals surface area contributed by atoms with Crippen molar-refractivity contribution in [2.45, 2.75) is 19.3 Å². The summed E-state index contributed by atoms with van der Waals surface area (Å²) >= 11 is 0. The number of para-hydroxylation sites is 1. The Hall–Kier alpha value is -4.82. The zero-order valence-electron chi connectivity index (χ0n) is 21.9. The fourth-order valence-corrected chi connectivity index (χ4v) is 6.44. The van der Waals surface area contributed by atoms with Gasteiger partial charge in [0.15, 0.2) is 0 Å². The van der Waals surface area contributed by atoms with Crippen LogP contribution in [0.1, 0.15) is 30.5 Å². The molecule has 2 nitrogen and oxygen atoms in total. The lowest BCUT2D eigenvalue weighted by atomic mass is 9.90. The summed E-state index contributed by atoms with van der Waals surface area (Å²) in [7, 11) is 0. The van der Waals surface area contributed by atoms with Crippen molar-refractivity contribution in [3.8, 4) is 27.9 Å². The number of allylic oxidation sites excluding steroid dienone is 1. The Labute approximate surface area is 227 Å². The predicted molar refractivity (Wildman–Crippen MR) is 166 cm³/mol. The second kappa shape index (κ2) is 8.61. The first-order chi connectivity index (χ1) is 19.2. The van der Waals surface area contributed by atoms with Crippen molar-refractivity contribution in [2.24, 2.45) is 0 Å². The summed E-state index contributed by atoms with van der Waals surface area (Å²) < 4.78 is 2.44. The minimum absolute atomic E-state index is 0.476. The largest absolute Gasteiger partial charge is 0.355 e. The van der Waals surface area contributed by atoms with Gasteiger partial charge in [0.2, 0.25) is 0 Å². The SMILES string of the molecule is CC1CC=Cc2c1c1cc(-c3ccc4[nH]c5ccccc5c4c3)ccc1n2-c1ccc(-c2ccccc2)cc1. The zero-order chi connectivity index (χ0) is 25.9. The molecule has 1 aliphatic carbocycles. The Bertz CT molecular complexity index is 2040. The van der Waals surface area contributed by atoms with E-state index in [0.717, 1.165) is 6.42 Å². The molecular formula is C37H28N2. The van der Waals surface area contributed by atoms with Gasteiger partial charge in [-0.3, -0.25) is 0 Å². The summed E-state index contributed by atoms with van der Waals surface area (Å²) in [6, 6.07) is 42.0. The molecule has 1 N–H and O–H groups in total. The molecule has 0 amide bonds. The monoisotopic (exact) mass is 500 g/mol. The van der Waals surface area contributed by atoms with E-state index in [0.29, 0.717) is 5.92 Å². The van der Waals surface area contributed by atoms with Gasteiger partial charge in [0.25, 0.3) is 0 Å². The van der Waals surface area contributed by atoms with Gasteiger partial charge in [-0.05, 0) is 88.7 Å². The smallest absolute Gasteiger partial charge is 0.0538 e. The van der Waals surface area contributed by atoms with Gasteiger partial charge in [0.05, 0.1) is 5.52 Å². The molecule has 1 atom stereocenters. The van der Waals surface area contributed by atoms with Gasteiger partial charge in [0.1, 0.15) is 0 Å². The van der Waals surface area contributed by atoms with E-state index in [1.165, 1.54) is 71.9 Å². The molecule has 0 saturated heterocycles. The average molecular weight is 501 g/mol. The highest BCUT2D eigenvalue weighted by Gasteiger charge is 2.23. The molecule has 0 spiro atoms. The van der Waals surface area contributed by atoms with Gasteiger partial charge in [0, 0.05) is 38.6 Å². The summed E-state index contributed by atoms with van der Waals surface area (Å²) in [5.74, 6) is 0.476. The third kappa shape index (κ3) is 3.49. The highest BCUT2D eigenvalue weighted by atomic mass is 15.0. The van der Waals surface area contributed by atoms with Gasteiger partial charge >= 0.3 is 0 Å². The van der Waals surface area contributed by atoms with Crippen LogP contribution in [0.4, 0.5) is 0 Å². The second-order valence-corrected chi connectivity index (χ2v) is 10.7. The molecule has 2 heterocycles. The molecular weight excluding hydrogens is 472 g/mol. The van der Waals surface area contributed by atoms with Crippen LogP contribution in [0.3, 0.4) is 0 Å². The van der Waals surface area contributed by atoms with Gasteiger partial charge in [-0.2, -0.15) is 0 Å². The maximum Gasteiger partial charge on any atom is 0.0538 e. The maximum atomic E-state index is 3.56. The van der Waals surface area contributed by atoms with Crippen molar-refractivity contribution in [1.82, 2.24) is 9.55 Å². The predicted octanol–water partition coefficient (Wildman–Crippen LogP) is 10.1. The first-order valence-corrected chi connectivity index (χ1v) is 13.8. The molecule has 1 aliphatic rings. The molecule has 0 fully saturated rings. The summed E-state index contributed by atoms with van der Waals surface area (Å²) in [5.41, 5.74) is 12.6. The Morgan fingerprint density at radius 3 is 2.13 bits per heavy atom. The molecule has 2 aromatic heterocycles. The van der Waals surface area contributed by atoms with E-state index in [1.54, 1.807) is 0 Å². The van der Waals surface area contributed by atoms with Crippen LogP contribution in [0.25, 0.3) is 66.7 Å². The number of aromatic nitrogens is 2. The minimum atomic E-state index is 0.476. The molecule has 39 heavy (non-hydrogen) atoms.